The number of amides is 1. The van der Waals surface area contributed by atoms with Crippen LogP contribution < -0.4 is 21.3 Å². The molecule has 7 heteroatoms. The number of nitrogens with two attached hydrogens (primary N) is 1. The first-order chi connectivity index (χ1) is 10.2. The van der Waals surface area contributed by atoms with Crippen molar-refractivity contribution in [2.45, 2.75) is 0 Å². The van der Waals surface area contributed by atoms with Gasteiger partial charge in [-0.15, -0.1) is 0 Å². The lowest BCUT2D eigenvalue weighted by molar-refractivity contribution is 0.102. The largest absolute Gasteiger partial charge is 0.495 e. The van der Waals surface area contributed by atoms with Crippen molar-refractivity contribution in [2.75, 3.05) is 17.9 Å². The fourth-order valence-corrected chi connectivity index (χ4v) is 1.66. The van der Waals surface area contributed by atoms with Crippen molar-refractivity contribution < 1.29 is 9.53 Å². The van der Waals surface area contributed by atoms with Crippen molar-refractivity contribution in [3.8, 4) is 11.8 Å². The summed E-state index contributed by atoms with van der Waals surface area (Å²) in [5.74, 6) is 5.25. The standard InChI is InChI=1S/C14H13N5O2/c1-21-13-6-9(7-15)2-4-11(13)18-14(20)12-5-3-10(19-16)8-17-12/h2-6,8,19H,16H2,1H3,(H,18,20). The molecular weight excluding hydrogens is 270 g/mol. The number of anilines is 2. The van der Waals surface area contributed by atoms with Crippen LogP contribution in [-0.2, 0) is 0 Å². The van der Waals surface area contributed by atoms with Gasteiger partial charge in [0.1, 0.15) is 11.4 Å². The molecule has 1 amide bonds. The van der Waals surface area contributed by atoms with Gasteiger partial charge in [0.05, 0.1) is 36.3 Å². The summed E-state index contributed by atoms with van der Waals surface area (Å²) < 4.78 is 5.15. The maximum Gasteiger partial charge on any atom is 0.274 e. The molecule has 0 saturated heterocycles. The molecule has 0 aliphatic heterocycles. The Balaban J connectivity index is 2.20. The zero-order valence-electron chi connectivity index (χ0n) is 11.3. The van der Waals surface area contributed by atoms with Crippen LogP contribution >= 0.6 is 0 Å². The molecule has 0 atom stereocenters. The summed E-state index contributed by atoms with van der Waals surface area (Å²) in [7, 11) is 1.46. The molecule has 2 aromatic rings. The van der Waals surface area contributed by atoms with Gasteiger partial charge < -0.3 is 15.5 Å². The molecule has 21 heavy (non-hydrogen) atoms. The second kappa shape index (κ2) is 6.36. The topological polar surface area (TPSA) is 113 Å². The van der Waals surface area contributed by atoms with E-state index in [1.807, 2.05) is 6.07 Å². The van der Waals surface area contributed by atoms with Gasteiger partial charge in [-0.25, -0.2) is 4.98 Å². The van der Waals surface area contributed by atoms with Crippen molar-refractivity contribution in [1.82, 2.24) is 4.98 Å². The Morgan fingerprint density at radius 2 is 2.19 bits per heavy atom. The third-order valence-corrected chi connectivity index (χ3v) is 2.74. The Morgan fingerprint density at radius 1 is 1.38 bits per heavy atom. The Hall–Kier alpha value is -3.11. The summed E-state index contributed by atoms with van der Waals surface area (Å²) >= 11 is 0. The van der Waals surface area contributed by atoms with Crippen molar-refractivity contribution in [1.29, 1.82) is 5.26 Å². The summed E-state index contributed by atoms with van der Waals surface area (Å²) in [6, 6.07) is 9.92. The summed E-state index contributed by atoms with van der Waals surface area (Å²) in [5, 5.41) is 11.5. The predicted molar refractivity (Wildman–Crippen MR) is 77.7 cm³/mol. The van der Waals surface area contributed by atoms with Crippen LogP contribution in [0.2, 0.25) is 0 Å². The minimum atomic E-state index is -0.387. The molecule has 0 unspecified atom stereocenters. The van der Waals surface area contributed by atoms with Crippen LogP contribution in [0.15, 0.2) is 36.5 Å². The van der Waals surface area contributed by atoms with E-state index in [2.05, 4.69) is 15.7 Å². The zero-order chi connectivity index (χ0) is 15.2. The van der Waals surface area contributed by atoms with E-state index in [9.17, 15) is 4.79 Å². The Kier molecular flexibility index (Phi) is 4.33. The number of carbonyl (C=O) groups excluding carboxylic acids is 1. The summed E-state index contributed by atoms with van der Waals surface area (Å²) in [5.41, 5.74) is 4.17. The highest BCUT2D eigenvalue weighted by Gasteiger charge is 2.11. The van der Waals surface area contributed by atoms with E-state index in [1.54, 1.807) is 30.3 Å². The molecule has 1 aromatic heterocycles. The SMILES string of the molecule is COc1cc(C#N)ccc1NC(=O)c1ccc(NN)cn1. The number of hydrogen-bond acceptors (Lipinski definition) is 6. The lowest BCUT2D eigenvalue weighted by Crippen LogP contribution is -2.15. The van der Waals surface area contributed by atoms with E-state index in [1.165, 1.54) is 13.3 Å². The maximum absolute atomic E-state index is 12.1. The minimum Gasteiger partial charge on any atom is -0.495 e. The lowest BCUT2D eigenvalue weighted by atomic mass is 10.2. The Morgan fingerprint density at radius 3 is 2.76 bits per heavy atom. The van der Waals surface area contributed by atoms with Crippen LogP contribution in [0.5, 0.6) is 5.75 Å². The van der Waals surface area contributed by atoms with Crippen molar-refractivity contribution in [3.05, 3.63) is 47.8 Å². The molecule has 7 nitrogen and oxygen atoms in total. The fourth-order valence-electron chi connectivity index (χ4n) is 1.66. The normalized spacial score (nSPS) is 9.57. The molecule has 0 radical (unpaired) electrons. The fraction of sp³-hybridized carbons (Fsp3) is 0.0714. The number of nitrogen functional groups attached to an aromatic ring is 1. The van der Waals surface area contributed by atoms with Crippen LogP contribution in [0.4, 0.5) is 11.4 Å². The maximum atomic E-state index is 12.1. The van der Waals surface area contributed by atoms with Crippen molar-refractivity contribution in [2.24, 2.45) is 5.84 Å². The van der Waals surface area contributed by atoms with Crippen LogP contribution in [-0.4, -0.2) is 18.0 Å². The number of rotatable bonds is 4. The van der Waals surface area contributed by atoms with Gasteiger partial charge in [0.15, 0.2) is 0 Å². The van der Waals surface area contributed by atoms with E-state index in [0.717, 1.165) is 0 Å². The first kappa shape index (κ1) is 14.3. The second-order valence-corrected chi connectivity index (χ2v) is 4.06. The zero-order valence-corrected chi connectivity index (χ0v) is 11.3. The molecular formula is C14H13N5O2. The number of ether oxygens (including phenoxy) is 1. The number of hydrazine groups is 1. The van der Waals surface area contributed by atoms with E-state index in [0.29, 0.717) is 22.7 Å². The molecule has 1 aromatic carbocycles. The quantitative estimate of drug-likeness (QED) is 0.579. The van der Waals surface area contributed by atoms with Gasteiger partial charge in [-0.05, 0) is 24.3 Å². The molecule has 106 valence electrons. The molecule has 0 bridgehead atoms. The Bertz CT molecular complexity index is 692. The van der Waals surface area contributed by atoms with Gasteiger partial charge in [-0.1, -0.05) is 0 Å². The second-order valence-electron chi connectivity index (χ2n) is 4.06. The average molecular weight is 283 g/mol. The first-order valence-corrected chi connectivity index (χ1v) is 6.00. The number of methoxy groups -OCH3 is 1. The van der Waals surface area contributed by atoms with Crippen molar-refractivity contribution >= 4 is 17.3 Å². The number of nitriles is 1. The molecule has 0 spiro atoms. The average Bonchev–Trinajstić information content (AvgIpc) is 2.55. The first-order valence-electron chi connectivity index (χ1n) is 6.00. The van der Waals surface area contributed by atoms with Gasteiger partial charge in [-0.3, -0.25) is 10.6 Å². The van der Waals surface area contributed by atoms with E-state index < -0.39 is 0 Å². The summed E-state index contributed by atoms with van der Waals surface area (Å²) in [4.78, 5) is 16.1. The number of pyridine rings is 1. The summed E-state index contributed by atoms with van der Waals surface area (Å²) in [6.45, 7) is 0. The van der Waals surface area contributed by atoms with Gasteiger partial charge in [0.25, 0.3) is 5.91 Å². The van der Waals surface area contributed by atoms with Crippen LogP contribution in [0, 0.1) is 11.3 Å². The van der Waals surface area contributed by atoms with Crippen LogP contribution in [0.1, 0.15) is 16.1 Å². The van der Waals surface area contributed by atoms with Gasteiger partial charge in [-0.2, -0.15) is 5.26 Å². The molecule has 1 heterocycles. The summed E-state index contributed by atoms with van der Waals surface area (Å²) in [6.07, 6.45) is 1.45. The molecule has 0 fully saturated rings. The number of aromatic nitrogens is 1. The van der Waals surface area contributed by atoms with Gasteiger partial charge in [0.2, 0.25) is 0 Å². The van der Waals surface area contributed by atoms with Crippen LogP contribution in [0.3, 0.4) is 0 Å². The number of nitrogens with zero attached hydrogens (tertiary/aromatic N) is 2. The Labute approximate surface area is 121 Å². The highest BCUT2D eigenvalue weighted by molar-refractivity contribution is 6.03. The van der Waals surface area contributed by atoms with Gasteiger partial charge >= 0.3 is 0 Å². The highest BCUT2D eigenvalue weighted by Crippen LogP contribution is 2.25. The number of carbonyl (C=O) groups is 1. The number of nitrogens with one attached hydrogen (secondary N) is 2. The number of hydrogen-bond donors (Lipinski definition) is 3. The third-order valence-electron chi connectivity index (χ3n) is 2.74. The number of benzene rings is 1. The van der Waals surface area contributed by atoms with Crippen LogP contribution in [0.25, 0.3) is 0 Å². The highest BCUT2D eigenvalue weighted by atomic mass is 16.5. The molecule has 0 saturated carbocycles. The predicted octanol–water partition coefficient (Wildman–Crippen LogP) is 1.50. The monoisotopic (exact) mass is 283 g/mol. The minimum absolute atomic E-state index is 0.236. The van der Waals surface area contributed by atoms with E-state index >= 15 is 0 Å². The molecule has 0 aliphatic carbocycles. The molecule has 2 rings (SSSR count). The smallest absolute Gasteiger partial charge is 0.274 e. The third kappa shape index (κ3) is 3.26. The van der Waals surface area contributed by atoms with E-state index in [-0.39, 0.29) is 11.6 Å². The van der Waals surface area contributed by atoms with Crippen molar-refractivity contribution in [3.63, 3.8) is 0 Å². The lowest BCUT2D eigenvalue weighted by Gasteiger charge is -2.10. The van der Waals surface area contributed by atoms with E-state index in [4.69, 9.17) is 15.8 Å². The van der Waals surface area contributed by atoms with Gasteiger partial charge in [0, 0.05) is 6.07 Å². The molecule has 0 aliphatic rings. The molecule has 4 N–H and O–H groups in total.